The topological polar surface area (TPSA) is 35.5 Å². The molecule has 0 aliphatic heterocycles. The molecule has 0 amide bonds. The van der Waals surface area contributed by atoms with E-state index < -0.39 is 6.16 Å². The molecule has 0 N–H and O–H groups in total. The average Bonchev–Trinajstić information content (AvgIpc) is 2.72. The number of hydrogen-bond donors (Lipinski definition) is 0. The molecule has 0 aromatic heterocycles. The van der Waals surface area contributed by atoms with Crippen LogP contribution in [0.15, 0.2) is 48.5 Å². The fraction of sp³-hybridized carbons (Fsp3) is 0.519. The Balaban J connectivity index is 2.10. The zero-order chi connectivity index (χ0) is 22.1. The van der Waals surface area contributed by atoms with Gasteiger partial charge in [0, 0.05) is 0 Å². The van der Waals surface area contributed by atoms with Gasteiger partial charge < -0.3 is 9.47 Å². The second-order valence-corrected chi connectivity index (χ2v) is 8.80. The van der Waals surface area contributed by atoms with Crippen LogP contribution in [0.3, 0.4) is 0 Å². The van der Waals surface area contributed by atoms with Crippen molar-refractivity contribution in [3.8, 4) is 0 Å². The zero-order valence-corrected chi connectivity index (χ0v) is 19.5. The minimum Gasteiger partial charge on any atom is -0.426 e. The first-order chi connectivity index (χ1) is 14.3. The van der Waals surface area contributed by atoms with Crippen LogP contribution in [0.1, 0.15) is 88.8 Å². The van der Waals surface area contributed by atoms with Gasteiger partial charge in [-0.2, -0.15) is 0 Å². The van der Waals surface area contributed by atoms with Crippen molar-refractivity contribution in [1.82, 2.24) is 0 Å². The number of hydrogen-bond acceptors (Lipinski definition) is 3. The molecule has 0 radical (unpaired) electrons. The van der Waals surface area contributed by atoms with Gasteiger partial charge in [0.05, 0.1) is 0 Å². The largest absolute Gasteiger partial charge is 0.509 e. The molecule has 0 saturated heterocycles. The molecule has 2 aromatic rings. The fourth-order valence-corrected chi connectivity index (χ4v) is 3.74. The first-order valence-corrected chi connectivity index (χ1v) is 11.4. The van der Waals surface area contributed by atoms with Crippen LogP contribution in [-0.2, 0) is 22.3 Å². The first kappa shape index (κ1) is 24.0. The Hall–Kier alpha value is -2.29. The predicted molar refractivity (Wildman–Crippen MR) is 124 cm³/mol. The van der Waals surface area contributed by atoms with Crippen molar-refractivity contribution in [2.75, 3.05) is 0 Å². The minimum atomic E-state index is -0.609. The van der Waals surface area contributed by atoms with E-state index in [1.165, 1.54) is 11.1 Å². The van der Waals surface area contributed by atoms with Gasteiger partial charge in [0.1, 0.15) is 12.2 Å². The van der Waals surface area contributed by atoms with Gasteiger partial charge in [0.2, 0.25) is 0 Å². The lowest BCUT2D eigenvalue weighted by Crippen LogP contribution is -2.21. The van der Waals surface area contributed by atoms with Crippen LogP contribution >= 0.6 is 0 Å². The quantitative estimate of drug-likeness (QED) is 0.374. The molecule has 2 atom stereocenters. The number of aryl methyl sites for hydroxylation is 2. The van der Waals surface area contributed by atoms with Crippen molar-refractivity contribution in [1.29, 1.82) is 0 Å². The average molecular weight is 411 g/mol. The highest BCUT2D eigenvalue weighted by atomic mass is 16.7. The molecule has 3 nitrogen and oxygen atoms in total. The molecule has 164 valence electrons. The van der Waals surface area contributed by atoms with Crippen molar-refractivity contribution < 1.29 is 14.3 Å². The van der Waals surface area contributed by atoms with Crippen LogP contribution in [-0.4, -0.2) is 6.16 Å². The number of carbonyl (C=O) groups excluding carboxylic acids is 1. The minimum absolute atomic E-state index is 0.153. The molecule has 0 fully saturated rings. The Labute approximate surface area is 182 Å². The molecule has 0 bridgehead atoms. The second kappa shape index (κ2) is 11.8. The van der Waals surface area contributed by atoms with E-state index in [1.807, 2.05) is 0 Å². The second-order valence-electron chi connectivity index (χ2n) is 8.80. The molecular formula is C27H38O3. The van der Waals surface area contributed by atoms with E-state index in [2.05, 4.69) is 90.1 Å². The normalized spacial score (nSPS) is 13.3. The van der Waals surface area contributed by atoms with Crippen LogP contribution in [0.5, 0.6) is 0 Å². The SMILES string of the molecule is CCCc1ccc(C(OC(=O)OC(c2ccc(CCC)cc2)C(C)C)C(C)C)cc1. The number of benzene rings is 2. The lowest BCUT2D eigenvalue weighted by atomic mass is 9.97. The first-order valence-electron chi connectivity index (χ1n) is 11.4. The molecule has 0 aliphatic rings. The van der Waals surface area contributed by atoms with Gasteiger partial charge in [-0.05, 0) is 46.9 Å². The van der Waals surface area contributed by atoms with Gasteiger partial charge in [-0.1, -0.05) is 103 Å². The van der Waals surface area contributed by atoms with Gasteiger partial charge >= 0.3 is 6.16 Å². The summed E-state index contributed by atoms with van der Waals surface area (Å²) in [5.41, 5.74) is 4.62. The Bertz CT molecular complexity index is 694. The molecule has 30 heavy (non-hydrogen) atoms. The molecule has 0 spiro atoms. The summed E-state index contributed by atoms with van der Waals surface area (Å²) in [6.45, 7) is 12.6. The standard InChI is InChI=1S/C27H38O3/c1-7-9-21-11-15-23(16-12-21)25(19(3)4)29-27(28)30-26(20(5)6)24-17-13-22(10-8-2)14-18-24/h11-20,25-26H,7-10H2,1-6H3. The molecule has 0 aliphatic carbocycles. The van der Waals surface area contributed by atoms with Gasteiger partial charge in [-0.25, -0.2) is 4.79 Å². The molecule has 0 heterocycles. The third kappa shape index (κ3) is 6.90. The van der Waals surface area contributed by atoms with Crippen molar-refractivity contribution >= 4 is 6.16 Å². The fourth-order valence-electron chi connectivity index (χ4n) is 3.74. The van der Waals surface area contributed by atoms with Crippen LogP contribution in [0.25, 0.3) is 0 Å². The van der Waals surface area contributed by atoms with Crippen LogP contribution in [0.4, 0.5) is 4.79 Å². The highest BCUT2D eigenvalue weighted by Gasteiger charge is 2.26. The van der Waals surface area contributed by atoms with Gasteiger partial charge in [-0.15, -0.1) is 0 Å². The summed E-state index contributed by atoms with van der Waals surface area (Å²) in [7, 11) is 0. The highest BCUT2D eigenvalue weighted by molar-refractivity contribution is 5.61. The maximum atomic E-state index is 12.7. The Morgan fingerprint density at radius 3 is 1.27 bits per heavy atom. The molecule has 2 rings (SSSR count). The summed E-state index contributed by atoms with van der Waals surface area (Å²) in [4.78, 5) is 12.7. The van der Waals surface area contributed by atoms with E-state index in [1.54, 1.807) is 0 Å². The van der Waals surface area contributed by atoms with Crippen molar-refractivity contribution in [3.05, 3.63) is 70.8 Å². The van der Waals surface area contributed by atoms with Crippen molar-refractivity contribution in [3.63, 3.8) is 0 Å². The summed E-state index contributed by atoms with van der Waals surface area (Å²) in [5.74, 6) is 0.306. The summed E-state index contributed by atoms with van der Waals surface area (Å²) in [5, 5.41) is 0. The summed E-state index contributed by atoms with van der Waals surface area (Å²) >= 11 is 0. The van der Waals surface area contributed by atoms with Gasteiger partial charge in [0.25, 0.3) is 0 Å². The number of rotatable bonds is 10. The molecule has 2 aromatic carbocycles. The molecule has 2 unspecified atom stereocenters. The van der Waals surface area contributed by atoms with E-state index >= 15 is 0 Å². The van der Waals surface area contributed by atoms with E-state index in [0.717, 1.165) is 36.8 Å². The van der Waals surface area contributed by atoms with Gasteiger partial charge in [0.15, 0.2) is 0 Å². The van der Waals surface area contributed by atoms with E-state index in [4.69, 9.17) is 9.47 Å². The zero-order valence-electron chi connectivity index (χ0n) is 19.5. The maximum Gasteiger partial charge on any atom is 0.509 e. The maximum absolute atomic E-state index is 12.7. The molecule has 3 heteroatoms. The third-order valence-corrected chi connectivity index (χ3v) is 5.35. The van der Waals surface area contributed by atoms with Crippen LogP contribution < -0.4 is 0 Å². The Kier molecular flexibility index (Phi) is 9.42. The number of ether oxygens (including phenoxy) is 2. The van der Waals surface area contributed by atoms with E-state index in [9.17, 15) is 4.79 Å². The predicted octanol–water partition coefficient (Wildman–Crippen LogP) is 7.84. The summed E-state index contributed by atoms with van der Waals surface area (Å²) in [6, 6.07) is 16.8. The molecular weight excluding hydrogens is 372 g/mol. The molecule has 0 saturated carbocycles. The summed E-state index contributed by atoms with van der Waals surface area (Å²) < 4.78 is 11.6. The van der Waals surface area contributed by atoms with Crippen molar-refractivity contribution in [2.24, 2.45) is 11.8 Å². The third-order valence-electron chi connectivity index (χ3n) is 5.35. The van der Waals surface area contributed by atoms with Crippen LogP contribution in [0.2, 0.25) is 0 Å². The lowest BCUT2D eigenvalue weighted by Gasteiger charge is -2.26. The van der Waals surface area contributed by atoms with Crippen molar-refractivity contribution in [2.45, 2.75) is 79.4 Å². The highest BCUT2D eigenvalue weighted by Crippen LogP contribution is 2.31. The lowest BCUT2D eigenvalue weighted by molar-refractivity contribution is -0.0267. The summed E-state index contributed by atoms with van der Waals surface area (Å²) in [6.07, 6.45) is 3.09. The van der Waals surface area contributed by atoms with E-state index in [-0.39, 0.29) is 24.0 Å². The smallest absolute Gasteiger partial charge is 0.426 e. The monoisotopic (exact) mass is 410 g/mol. The van der Waals surface area contributed by atoms with Gasteiger partial charge in [-0.3, -0.25) is 0 Å². The Morgan fingerprint density at radius 2 is 1.00 bits per heavy atom. The van der Waals surface area contributed by atoms with E-state index in [0.29, 0.717) is 0 Å². The Morgan fingerprint density at radius 1 is 0.667 bits per heavy atom. The van der Waals surface area contributed by atoms with Crippen LogP contribution in [0, 0.1) is 11.8 Å². The number of carbonyl (C=O) groups is 1.